The van der Waals surface area contributed by atoms with Crippen LogP contribution in [0.1, 0.15) is 50.2 Å². The number of likely N-dealkylation sites (tertiary alicyclic amines) is 1. The van der Waals surface area contributed by atoms with Crippen LogP contribution in [-0.2, 0) is 9.59 Å². The third-order valence-corrected chi connectivity index (χ3v) is 5.04. The number of rotatable bonds is 6. The topological polar surface area (TPSA) is 62.3 Å². The van der Waals surface area contributed by atoms with Crippen LogP contribution < -0.4 is 5.32 Å². The fourth-order valence-electron chi connectivity index (χ4n) is 2.98. The maximum atomic E-state index is 12.4. The normalized spacial score (nSPS) is 19.5. The van der Waals surface area contributed by atoms with Crippen molar-refractivity contribution < 1.29 is 9.59 Å². The van der Waals surface area contributed by atoms with Crippen LogP contribution in [-0.4, -0.2) is 40.8 Å². The molecule has 2 amide bonds. The molecule has 0 spiro atoms. The molecule has 1 aromatic heterocycles. The Kier molecular flexibility index (Phi) is 6.97. The van der Waals surface area contributed by atoms with E-state index < -0.39 is 0 Å². The van der Waals surface area contributed by atoms with Gasteiger partial charge in [-0.05, 0) is 39.2 Å². The molecule has 6 heteroatoms. The van der Waals surface area contributed by atoms with Crippen LogP contribution in [0.2, 0.25) is 0 Å². The first-order chi connectivity index (χ1) is 11.5. The minimum Gasteiger partial charge on any atom is -0.353 e. The lowest BCUT2D eigenvalue weighted by Gasteiger charge is -2.32. The Balaban J connectivity index is 1.88. The Labute approximate surface area is 148 Å². The summed E-state index contributed by atoms with van der Waals surface area (Å²) in [5.41, 5.74) is 0.811. The summed E-state index contributed by atoms with van der Waals surface area (Å²) < 4.78 is 0. The molecule has 1 fully saturated rings. The van der Waals surface area contributed by atoms with Crippen LogP contribution in [0.5, 0.6) is 0 Å². The number of aryl methyl sites for hydroxylation is 1. The summed E-state index contributed by atoms with van der Waals surface area (Å²) in [5, 5.41) is 5.98. The van der Waals surface area contributed by atoms with Gasteiger partial charge in [0.1, 0.15) is 0 Å². The van der Waals surface area contributed by atoms with Gasteiger partial charge in [0.15, 0.2) is 0 Å². The summed E-state index contributed by atoms with van der Waals surface area (Å²) in [6.07, 6.45) is 7.07. The third-order valence-electron chi connectivity index (χ3n) is 4.25. The van der Waals surface area contributed by atoms with Gasteiger partial charge in [0.25, 0.3) is 0 Å². The van der Waals surface area contributed by atoms with Gasteiger partial charge in [-0.1, -0.05) is 13.3 Å². The number of hydrogen-bond acceptors (Lipinski definition) is 4. The second-order valence-electron chi connectivity index (χ2n) is 6.45. The van der Waals surface area contributed by atoms with Gasteiger partial charge >= 0.3 is 0 Å². The molecule has 1 aliphatic heterocycles. The highest BCUT2D eigenvalue weighted by Crippen LogP contribution is 2.18. The molecule has 1 N–H and O–H groups in total. The van der Waals surface area contributed by atoms with E-state index in [4.69, 9.17) is 0 Å². The van der Waals surface area contributed by atoms with Crippen LogP contribution >= 0.6 is 11.3 Å². The zero-order valence-corrected chi connectivity index (χ0v) is 15.6. The van der Waals surface area contributed by atoms with E-state index in [9.17, 15) is 9.59 Å². The first-order valence-corrected chi connectivity index (χ1v) is 9.57. The molecular weight excluding hydrogens is 322 g/mol. The van der Waals surface area contributed by atoms with Gasteiger partial charge in [0.05, 0.1) is 16.6 Å². The van der Waals surface area contributed by atoms with Crippen molar-refractivity contribution in [2.45, 2.75) is 52.5 Å². The van der Waals surface area contributed by atoms with Gasteiger partial charge in [-0.3, -0.25) is 9.59 Å². The van der Waals surface area contributed by atoms with Gasteiger partial charge in [0, 0.05) is 30.6 Å². The average molecular weight is 350 g/mol. The fraction of sp³-hybridized carbons (Fsp3) is 0.611. The van der Waals surface area contributed by atoms with Gasteiger partial charge in [-0.15, -0.1) is 11.3 Å². The molecule has 0 saturated carbocycles. The van der Waals surface area contributed by atoms with E-state index in [1.807, 2.05) is 19.2 Å². The van der Waals surface area contributed by atoms with Gasteiger partial charge in [-0.2, -0.15) is 0 Å². The molecule has 1 saturated heterocycles. The molecule has 132 valence electrons. The van der Waals surface area contributed by atoms with E-state index in [2.05, 4.69) is 17.2 Å². The largest absolute Gasteiger partial charge is 0.353 e. The highest BCUT2D eigenvalue weighted by Gasteiger charge is 2.28. The van der Waals surface area contributed by atoms with Gasteiger partial charge in [-0.25, -0.2) is 4.98 Å². The van der Waals surface area contributed by atoms with Crippen molar-refractivity contribution in [3.05, 3.63) is 22.2 Å². The standard InChI is InChI=1S/C18H27N3O2S/c1-4-6-13(2)19-18(23)15-7-5-10-21(11-15)17(22)9-8-16-12-24-14(3)20-16/h8-9,12-13,15H,4-7,10-11H2,1-3H3,(H,19,23)/b9-8+. The van der Waals surface area contributed by atoms with Crippen molar-refractivity contribution in [2.24, 2.45) is 5.92 Å². The molecule has 0 aliphatic carbocycles. The second kappa shape index (κ2) is 8.97. The van der Waals surface area contributed by atoms with Crippen LogP contribution in [0.3, 0.4) is 0 Å². The predicted molar refractivity (Wildman–Crippen MR) is 97.7 cm³/mol. The number of thiazole rings is 1. The second-order valence-corrected chi connectivity index (χ2v) is 7.51. The Bertz CT molecular complexity index is 597. The summed E-state index contributed by atoms with van der Waals surface area (Å²) in [4.78, 5) is 30.8. The van der Waals surface area contributed by atoms with Crippen molar-refractivity contribution in [1.29, 1.82) is 0 Å². The summed E-state index contributed by atoms with van der Waals surface area (Å²) >= 11 is 1.57. The lowest BCUT2D eigenvalue weighted by Crippen LogP contribution is -2.46. The number of carbonyl (C=O) groups is 2. The van der Waals surface area contributed by atoms with Crippen LogP contribution in [0.15, 0.2) is 11.5 Å². The number of piperidine rings is 1. The van der Waals surface area contributed by atoms with E-state index in [0.717, 1.165) is 36.4 Å². The SMILES string of the molecule is CCCC(C)NC(=O)C1CCCN(C(=O)/C=C/c2csc(C)n2)C1. The molecule has 2 atom stereocenters. The van der Waals surface area contributed by atoms with E-state index in [1.165, 1.54) is 0 Å². The van der Waals surface area contributed by atoms with Crippen molar-refractivity contribution in [3.63, 3.8) is 0 Å². The minimum atomic E-state index is -0.100. The Morgan fingerprint density at radius 3 is 3.00 bits per heavy atom. The molecule has 1 aromatic rings. The van der Waals surface area contributed by atoms with Crippen molar-refractivity contribution in [1.82, 2.24) is 15.2 Å². The minimum absolute atomic E-state index is 0.0419. The average Bonchev–Trinajstić information content (AvgIpc) is 2.98. The molecule has 2 unspecified atom stereocenters. The number of carbonyl (C=O) groups excluding carboxylic acids is 2. The van der Waals surface area contributed by atoms with E-state index in [1.54, 1.807) is 28.4 Å². The van der Waals surface area contributed by atoms with Crippen LogP contribution in [0, 0.1) is 12.8 Å². The zero-order valence-electron chi connectivity index (χ0n) is 14.7. The quantitative estimate of drug-likeness (QED) is 0.803. The van der Waals surface area contributed by atoms with Gasteiger partial charge in [0.2, 0.25) is 11.8 Å². The number of aromatic nitrogens is 1. The maximum absolute atomic E-state index is 12.4. The van der Waals surface area contributed by atoms with Gasteiger partial charge < -0.3 is 10.2 Å². The summed E-state index contributed by atoms with van der Waals surface area (Å²) in [6.45, 7) is 7.31. The molecule has 2 rings (SSSR count). The van der Waals surface area contributed by atoms with Crippen molar-refractivity contribution in [2.75, 3.05) is 13.1 Å². The lowest BCUT2D eigenvalue weighted by atomic mass is 9.96. The van der Waals surface area contributed by atoms with Crippen LogP contribution in [0.25, 0.3) is 6.08 Å². The summed E-state index contributed by atoms with van der Waals surface area (Å²) in [5.74, 6) is -0.0655. The Morgan fingerprint density at radius 2 is 2.33 bits per heavy atom. The molecule has 0 radical (unpaired) electrons. The Morgan fingerprint density at radius 1 is 1.54 bits per heavy atom. The number of nitrogens with one attached hydrogen (secondary N) is 1. The Hall–Kier alpha value is -1.69. The number of nitrogens with zero attached hydrogens (tertiary/aromatic N) is 2. The van der Waals surface area contributed by atoms with E-state index in [-0.39, 0.29) is 23.8 Å². The smallest absolute Gasteiger partial charge is 0.246 e. The molecule has 2 heterocycles. The fourth-order valence-corrected chi connectivity index (χ4v) is 3.56. The van der Waals surface area contributed by atoms with Crippen molar-refractivity contribution in [3.8, 4) is 0 Å². The molecule has 0 aromatic carbocycles. The highest BCUT2D eigenvalue weighted by molar-refractivity contribution is 7.09. The summed E-state index contributed by atoms with van der Waals surface area (Å²) in [7, 11) is 0. The zero-order chi connectivity index (χ0) is 17.5. The number of hydrogen-bond donors (Lipinski definition) is 1. The lowest BCUT2D eigenvalue weighted by molar-refractivity contribution is -0.132. The number of amides is 2. The maximum Gasteiger partial charge on any atom is 0.246 e. The van der Waals surface area contributed by atoms with Crippen molar-refractivity contribution >= 4 is 29.2 Å². The first kappa shape index (κ1) is 18.6. The molecule has 1 aliphatic rings. The van der Waals surface area contributed by atoms with E-state index >= 15 is 0 Å². The van der Waals surface area contributed by atoms with Crippen LogP contribution in [0.4, 0.5) is 0 Å². The first-order valence-electron chi connectivity index (χ1n) is 8.69. The summed E-state index contributed by atoms with van der Waals surface area (Å²) in [6, 6.07) is 0.196. The molecule has 0 bridgehead atoms. The molecule has 5 nitrogen and oxygen atoms in total. The predicted octanol–water partition coefficient (Wildman–Crippen LogP) is 3.01. The molecular formula is C18H27N3O2S. The third kappa shape index (κ3) is 5.44. The monoisotopic (exact) mass is 349 g/mol. The molecule has 24 heavy (non-hydrogen) atoms. The van der Waals surface area contributed by atoms with E-state index in [0.29, 0.717) is 13.1 Å². The highest BCUT2D eigenvalue weighted by atomic mass is 32.1.